The highest BCUT2D eigenvalue weighted by molar-refractivity contribution is 5.46. The van der Waals surface area contributed by atoms with Crippen LogP contribution in [0, 0.1) is 5.92 Å². The van der Waals surface area contributed by atoms with Crippen molar-refractivity contribution in [3.05, 3.63) is 29.3 Å². The second-order valence-corrected chi connectivity index (χ2v) is 5.01. The Morgan fingerprint density at radius 1 is 1.38 bits per heavy atom. The van der Waals surface area contributed by atoms with Crippen LogP contribution in [0.3, 0.4) is 0 Å². The molecule has 2 unspecified atom stereocenters. The van der Waals surface area contributed by atoms with E-state index in [1.54, 1.807) is 0 Å². The van der Waals surface area contributed by atoms with Gasteiger partial charge in [0.05, 0.1) is 6.61 Å². The van der Waals surface area contributed by atoms with Crippen molar-refractivity contribution in [2.75, 3.05) is 19.7 Å². The summed E-state index contributed by atoms with van der Waals surface area (Å²) in [5.41, 5.74) is 2.82. The molecule has 1 saturated heterocycles. The molecule has 2 atom stereocenters. The van der Waals surface area contributed by atoms with Gasteiger partial charge >= 0.3 is 0 Å². The van der Waals surface area contributed by atoms with Gasteiger partial charge in [-0.1, -0.05) is 25.1 Å². The van der Waals surface area contributed by atoms with E-state index in [-0.39, 0.29) is 0 Å². The molecule has 1 fully saturated rings. The topological polar surface area (TPSA) is 21.3 Å². The van der Waals surface area contributed by atoms with Gasteiger partial charge in [0.1, 0.15) is 5.75 Å². The maximum atomic E-state index is 5.80. The molecule has 16 heavy (non-hydrogen) atoms. The van der Waals surface area contributed by atoms with E-state index in [0.717, 1.165) is 32.0 Å². The highest BCUT2D eigenvalue weighted by atomic mass is 16.5. The third-order valence-electron chi connectivity index (χ3n) is 3.97. The maximum absolute atomic E-state index is 5.80. The zero-order valence-corrected chi connectivity index (χ0v) is 9.83. The Morgan fingerprint density at radius 2 is 2.31 bits per heavy atom. The highest BCUT2D eigenvalue weighted by Crippen LogP contribution is 2.38. The smallest absolute Gasteiger partial charge is 0.126 e. The monoisotopic (exact) mass is 217 g/mol. The van der Waals surface area contributed by atoms with Crippen LogP contribution in [0.15, 0.2) is 18.2 Å². The summed E-state index contributed by atoms with van der Waals surface area (Å²) in [4.78, 5) is 0. The number of hydrogen-bond donors (Lipinski definition) is 1. The Hall–Kier alpha value is -1.02. The third kappa shape index (κ3) is 1.61. The first-order chi connectivity index (χ1) is 7.86. The van der Waals surface area contributed by atoms with E-state index in [2.05, 4.69) is 30.4 Å². The van der Waals surface area contributed by atoms with Crippen molar-refractivity contribution >= 4 is 0 Å². The Morgan fingerprint density at radius 3 is 3.19 bits per heavy atom. The number of para-hydroxylation sites is 1. The quantitative estimate of drug-likeness (QED) is 0.779. The highest BCUT2D eigenvalue weighted by Gasteiger charge is 2.27. The van der Waals surface area contributed by atoms with Crippen LogP contribution in [0.1, 0.15) is 30.4 Å². The molecule has 2 aliphatic heterocycles. The van der Waals surface area contributed by atoms with Gasteiger partial charge in [0, 0.05) is 18.9 Å². The maximum Gasteiger partial charge on any atom is 0.126 e. The van der Waals surface area contributed by atoms with Crippen LogP contribution in [0.4, 0.5) is 0 Å². The molecule has 1 aromatic rings. The number of benzene rings is 1. The lowest BCUT2D eigenvalue weighted by atomic mass is 9.82. The van der Waals surface area contributed by atoms with Gasteiger partial charge in [-0.05, 0) is 30.0 Å². The molecule has 2 nitrogen and oxygen atoms in total. The van der Waals surface area contributed by atoms with Crippen molar-refractivity contribution in [2.45, 2.75) is 25.7 Å². The Labute approximate surface area is 97.0 Å². The number of rotatable bonds is 1. The number of nitrogens with one attached hydrogen (secondary N) is 1. The summed E-state index contributed by atoms with van der Waals surface area (Å²) in [7, 11) is 0. The summed E-state index contributed by atoms with van der Waals surface area (Å²) >= 11 is 0. The molecule has 0 spiro atoms. The van der Waals surface area contributed by atoms with E-state index >= 15 is 0 Å². The number of piperidine rings is 1. The van der Waals surface area contributed by atoms with Crippen LogP contribution in [0.5, 0.6) is 5.75 Å². The molecule has 0 aromatic heterocycles. The van der Waals surface area contributed by atoms with Crippen molar-refractivity contribution in [1.82, 2.24) is 5.32 Å². The second-order valence-electron chi connectivity index (χ2n) is 5.01. The fourth-order valence-electron chi connectivity index (χ4n) is 2.94. The molecule has 0 saturated carbocycles. The summed E-state index contributed by atoms with van der Waals surface area (Å²) in [6.07, 6.45) is 2.35. The van der Waals surface area contributed by atoms with Crippen LogP contribution in [-0.2, 0) is 6.42 Å². The number of hydrogen-bond acceptors (Lipinski definition) is 2. The average molecular weight is 217 g/mol. The van der Waals surface area contributed by atoms with Crippen LogP contribution < -0.4 is 10.1 Å². The Bertz CT molecular complexity index is 388. The van der Waals surface area contributed by atoms with Gasteiger partial charge in [0.2, 0.25) is 0 Å². The van der Waals surface area contributed by atoms with Gasteiger partial charge in [0.15, 0.2) is 0 Å². The van der Waals surface area contributed by atoms with Gasteiger partial charge < -0.3 is 10.1 Å². The fourth-order valence-corrected chi connectivity index (χ4v) is 2.94. The van der Waals surface area contributed by atoms with E-state index in [9.17, 15) is 0 Å². The lowest BCUT2D eigenvalue weighted by Crippen LogP contribution is -2.34. The number of ether oxygens (including phenoxy) is 1. The zero-order valence-electron chi connectivity index (χ0n) is 9.83. The summed E-state index contributed by atoms with van der Waals surface area (Å²) in [5.74, 6) is 2.57. The van der Waals surface area contributed by atoms with Crippen molar-refractivity contribution in [1.29, 1.82) is 0 Å². The number of fused-ring (bicyclic) bond motifs is 1. The van der Waals surface area contributed by atoms with Crippen LogP contribution in [-0.4, -0.2) is 19.7 Å². The van der Waals surface area contributed by atoms with Crippen molar-refractivity contribution in [3.63, 3.8) is 0 Å². The molecule has 0 amide bonds. The van der Waals surface area contributed by atoms with Crippen LogP contribution in [0.2, 0.25) is 0 Å². The normalized spacial score (nSPS) is 28.6. The van der Waals surface area contributed by atoms with Gasteiger partial charge in [-0.15, -0.1) is 0 Å². The minimum atomic E-state index is 0.627. The average Bonchev–Trinajstić information content (AvgIpc) is 2.77. The fraction of sp³-hybridized carbons (Fsp3) is 0.571. The lowest BCUT2D eigenvalue weighted by molar-refractivity contribution is 0.320. The first-order valence-electron chi connectivity index (χ1n) is 6.31. The molecule has 2 aliphatic rings. The molecule has 0 bridgehead atoms. The molecule has 0 radical (unpaired) electrons. The molecule has 1 N–H and O–H groups in total. The van der Waals surface area contributed by atoms with E-state index in [4.69, 9.17) is 4.74 Å². The minimum absolute atomic E-state index is 0.627. The van der Waals surface area contributed by atoms with Crippen molar-refractivity contribution < 1.29 is 4.74 Å². The van der Waals surface area contributed by atoms with Crippen molar-refractivity contribution in [3.8, 4) is 5.75 Å². The van der Waals surface area contributed by atoms with Crippen molar-refractivity contribution in [2.24, 2.45) is 5.92 Å². The van der Waals surface area contributed by atoms with Gasteiger partial charge in [0.25, 0.3) is 0 Å². The third-order valence-corrected chi connectivity index (χ3v) is 3.97. The first kappa shape index (κ1) is 10.2. The zero-order chi connectivity index (χ0) is 11.0. The molecule has 86 valence electrons. The molecule has 3 rings (SSSR count). The minimum Gasteiger partial charge on any atom is -0.493 e. The SMILES string of the molecule is CC1CCNCC1c1cccc2c1OCC2. The van der Waals surface area contributed by atoms with E-state index in [0.29, 0.717) is 5.92 Å². The molecular weight excluding hydrogens is 198 g/mol. The summed E-state index contributed by atoms with van der Waals surface area (Å²) in [5, 5.41) is 3.50. The largest absolute Gasteiger partial charge is 0.493 e. The molecule has 2 heterocycles. The summed E-state index contributed by atoms with van der Waals surface area (Å²) in [6.45, 7) is 5.48. The lowest BCUT2D eigenvalue weighted by Gasteiger charge is -2.30. The Kier molecular flexibility index (Phi) is 2.60. The molecule has 1 aromatic carbocycles. The van der Waals surface area contributed by atoms with Crippen LogP contribution in [0.25, 0.3) is 0 Å². The first-order valence-corrected chi connectivity index (χ1v) is 6.31. The van der Waals surface area contributed by atoms with Gasteiger partial charge in [-0.25, -0.2) is 0 Å². The molecule has 0 aliphatic carbocycles. The predicted molar refractivity (Wildman–Crippen MR) is 65.0 cm³/mol. The van der Waals surface area contributed by atoms with Gasteiger partial charge in [-0.2, -0.15) is 0 Å². The molecule has 2 heteroatoms. The van der Waals surface area contributed by atoms with Crippen LogP contribution >= 0.6 is 0 Å². The summed E-state index contributed by atoms with van der Waals surface area (Å²) in [6, 6.07) is 6.63. The van der Waals surface area contributed by atoms with E-state index < -0.39 is 0 Å². The summed E-state index contributed by atoms with van der Waals surface area (Å²) < 4.78 is 5.80. The predicted octanol–water partition coefficient (Wildman–Crippen LogP) is 2.33. The van der Waals surface area contributed by atoms with Gasteiger partial charge in [-0.3, -0.25) is 0 Å². The standard InChI is InChI=1S/C14H19NO/c1-10-5-7-15-9-13(10)12-4-2-3-11-6-8-16-14(11)12/h2-4,10,13,15H,5-9H2,1H3. The van der Waals surface area contributed by atoms with E-state index in [1.165, 1.54) is 23.3 Å². The molecular formula is C14H19NO. The Balaban J connectivity index is 1.96. The van der Waals surface area contributed by atoms with E-state index in [1.807, 2.05) is 0 Å². The second kappa shape index (κ2) is 4.10.